The first-order chi connectivity index (χ1) is 10.4. The summed E-state index contributed by atoms with van der Waals surface area (Å²) in [7, 11) is 0. The van der Waals surface area contributed by atoms with E-state index >= 15 is 0 Å². The van der Waals surface area contributed by atoms with E-state index in [1.54, 1.807) is 6.26 Å². The number of rotatable bonds is 3. The Labute approximate surface area is 121 Å². The first kappa shape index (κ1) is 12.1. The summed E-state index contributed by atoms with van der Waals surface area (Å²) in [6, 6.07) is 11.6. The van der Waals surface area contributed by atoms with Gasteiger partial charge in [-0.1, -0.05) is 19.1 Å². The number of nitrogens with zero attached hydrogens (tertiary/aromatic N) is 4. The summed E-state index contributed by atoms with van der Waals surface area (Å²) in [5.41, 5.74) is 3.21. The third-order valence-corrected chi connectivity index (χ3v) is 3.45. The Morgan fingerprint density at radius 2 is 1.81 bits per heavy atom. The van der Waals surface area contributed by atoms with Crippen LogP contribution in [-0.4, -0.2) is 19.5 Å². The number of imidazole rings is 1. The molecule has 0 aliphatic heterocycles. The molecule has 3 heterocycles. The van der Waals surface area contributed by atoms with Gasteiger partial charge in [0.25, 0.3) is 0 Å². The maximum absolute atomic E-state index is 5.49. The monoisotopic (exact) mass is 278 g/mol. The average Bonchev–Trinajstić information content (AvgIpc) is 3.14. The van der Waals surface area contributed by atoms with E-state index < -0.39 is 0 Å². The second kappa shape index (κ2) is 4.70. The number of hydrogen-bond donors (Lipinski definition) is 0. The van der Waals surface area contributed by atoms with Crippen LogP contribution in [0.1, 0.15) is 13.3 Å². The molecule has 0 radical (unpaired) electrons. The van der Waals surface area contributed by atoms with Gasteiger partial charge in [0.15, 0.2) is 22.9 Å². The minimum atomic E-state index is 0.661. The standard InChI is InChI=1S/C16H14N4O/c1-2-9-20-15(13-8-5-10-21-13)19-14-16(20)18-12-7-4-3-6-11(12)17-14/h3-8,10H,2,9H2,1H3. The number of fused-ring (bicyclic) bond motifs is 2. The second-order valence-corrected chi connectivity index (χ2v) is 4.92. The summed E-state index contributed by atoms with van der Waals surface area (Å²) in [5, 5.41) is 0. The molecule has 0 aliphatic rings. The molecule has 4 aromatic rings. The van der Waals surface area contributed by atoms with E-state index in [0.717, 1.165) is 41.2 Å². The van der Waals surface area contributed by atoms with Gasteiger partial charge in [0.2, 0.25) is 0 Å². The summed E-state index contributed by atoms with van der Waals surface area (Å²) in [4.78, 5) is 14.0. The van der Waals surface area contributed by atoms with Crippen molar-refractivity contribution in [2.75, 3.05) is 0 Å². The summed E-state index contributed by atoms with van der Waals surface area (Å²) < 4.78 is 7.57. The van der Waals surface area contributed by atoms with Gasteiger partial charge in [0.1, 0.15) is 0 Å². The molecule has 0 N–H and O–H groups in total. The van der Waals surface area contributed by atoms with Crippen LogP contribution in [0.3, 0.4) is 0 Å². The summed E-state index contributed by atoms with van der Waals surface area (Å²) in [6.07, 6.45) is 2.65. The number of furan rings is 1. The van der Waals surface area contributed by atoms with Crippen molar-refractivity contribution in [2.45, 2.75) is 19.9 Å². The maximum Gasteiger partial charge on any atom is 0.198 e. The Kier molecular flexibility index (Phi) is 2.70. The summed E-state index contributed by atoms with van der Waals surface area (Å²) in [6.45, 7) is 2.96. The number of para-hydroxylation sites is 2. The van der Waals surface area contributed by atoms with Crippen LogP contribution in [0.2, 0.25) is 0 Å². The van der Waals surface area contributed by atoms with Crippen molar-refractivity contribution in [3.05, 3.63) is 42.7 Å². The molecule has 5 nitrogen and oxygen atoms in total. The predicted molar refractivity (Wildman–Crippen MR) is 80.8 cm³/mol. The van der Waals surface area contributed by atoms with Crippen molar-refractivity contribution in [3.8, 4) is 11.6 Å². The Balaban J connectivity index is 2.05. The van der Waals surface area contributed by atoms with Crippen molar-refractivity contribution in [2.24, 2.45) is 0 Å². The zero-order valence-corrected chi connectivity index (χ0v) is 11.7. The average molecular weight is 278 g/mol. The van der Waals surface area contributed by atoms with Crippen LogP contribution in [-0.2, 0) is 6.54 Å². The number of aromatic nitrogens is 4. The third-order valence-electron chi connectivity index (χ3n) is 3.45. The zero-order chi connectivity index (χ0) is 14.2. The van der Waals surface area contributed by atoms with Crippen LogP contribution in [0.15, 0.2) is 47.1 Å². The van der Waals surface area contributed by atoms with Crippen LogP contribution in [0.4, 0.5) is 0 Å². The maximum atomic E-state index is 5.49. The Morgan fingerprint density at radius 3 is 2.52 bits per heavy atom. The van der Waals surface area contributed by atoms with Gasteiger partial charge in [-0.25, -0.2) is 15.0 Å². The van der Waals surface area contributed by atoms with Crippen LogP contribution < -0.4 is 0 Å². The van der Waals surface area contributed by atoms with Gasteiger partial charge in [0.05, 0.1) is 17.3 Å². The minimum absolute atomic E-state index is 0.661. The van der Waals surface area contributed by atoms with E-state index in [-0.39, 0.29) is 0 Å². The van der Waals surface area contributed by atoms with E-state index in [2.05, 4.69) is 21.5 Å². The molecule has 5 heteroatoms. The first-order valence-corrected chi connectivity index (χ1v) is 7.03. The van der Waals surface area contributed by atoms with Crippen LogP contribution in [0, 0.1) is 0 Å². The van der Waals surface area contributed by atoms with E-state index in [0.29, 0.717) is 5.65 Å². The highest BCUT2D eigenvalue weighted by Crippen LogP contribution is 2.25. The Bertz CT molecular complexity index is 909. The molecule has 104 valence electrons. The van der Waals surface area contributed by atoms with Gasteiger partial charge in [0, 0.05) is 6.54 Å². The molecule has 1 aromatic carbocycles. The molecule has 4 rings (SSSR count). The SMILES string of the molecule is CCCn1c(-c2ccco2)nc2nc3ccccc3nc21. The fourth-order valence-electron chi connectivity index (χ4n) is 2.53. The number of hydrogen-bond acceptors (Lipinski definition) is 4. The molecule has 0 bridgehead atoms. The molecule has 0 spiro atoms. The van der Waals surface area contributed by atoms with Crippen molar-refractivity contribution in [1.82, 2.24) is 19.5 Å². The van der Waals surface area contributed by atoms with Gasteiger partial charge >= 0.3 is 0 Å². The first-order valence-electron chi connectivity index (χ1n) is 7.03. The normalized spacial score (nSPS) is 11.5. The van der Waals surface area contributed by atoms with Crippen molar-refractivity contribution in [3.63, 3.8) is 0 Å². The van der Waals surface area contributed by atoms with Gasteiger partial charge in [-0.3, -0.25) is 0 Å². The molecule has 0 saturated heterocycles. The van der Waals surface area contributed by atoms with Crippen LogP contribution in [0.25, 0.3) is 33.9 Å². The molecular weight excluding hydrogens is 264 g/mol. The van der Waals surface area contributed by atoms with Crippen LogP contribution in [0.5, 0.6) is 0 Å². The highest BCUT2D eigenvalue weighted by atomic mass is 16.3. The summed E-state index contributed by atoms with van der Waals surface area (Å²) >= 11 is 0. The predicted octanol–water partition coefficient (Wildman–Crippen LogP) is 3.65. The Morgan fingerprint density at radius 1 is 1.00 bits per heavy atom. The van der Waals surface area contributed by atoms with Gasteiger partial charge < -0.3 is 8.98 Å². The third kappa shape index (κ3) is 1.89. The number of aryl methyl sites for hydroxylation is 1. The molecule has 0 saturated carbocycles. The van der Waals surface area contributed by atoms with E-state index in [1.807, 2.05) is 36.4 Å². The van der Waals surface area contributed by atoms with Crippen molar-refractivity contribution in [1.29, 1.82) is 0 Å². The Hall–Kier alpha value is -2.69. The van der Waals surface area contributed by atoms with Gasteiger partial charge in [-0.05, 0) is 30.7 Å². The van der Waals surface area contributed by atoms with E-state index in [1.165, 1.54) is 0 Å². The van der Waals surface area contributed by atoms with Crippen LogP contribution >= 0.6 is 0 Å². The molecule has 0 unspecified atom stereocenters. The smallest absolute Gasteiger partial charge is 0.198 e. The lowest BCUT2D eigenvalue weighted by Crippen LogP contribution is -2.00. The lowest BCUT2D eigenvalue weighted by atomic mass is 10.3. The summed E-state index contributed by atoms with van der Waals surface area (Å²) in [5.74, 6) is 1.53. The lowest BCUT2D eigenvalue weighted by molar-refractivity contribution is 0.568. The van der Waals surface area contributed by atoms with E-state index in [9.17, 15) is 0 Å². The van der Waals surface area contributed by atoms with Gasteiger partial charge in [-0.2, -0.15) is 0 Å². The van der Waals surface area contributed by atoms with Gasteiger partial charge in [-0.15, -0.1) is 0 Å². The molecular formula is C16H14N4O. The minimum Gasteiger partial charge on any atom is -0.461 e. The topological polar surface area (TPSA) is 56.7 Å². The molecule has 0 aliphatic carbocycles. The molecule has 0 fully saturated rings. The van der Waals surface area contributed by atoms with Crippen molar-refractivity contribution < 1.29 is 4.42 Å². The fraction of sp³-hybridized carbons (Fsp3) is 0.188. The highest BCUT2D eigenvalue weighted by molar-refractivity contribution is 5.84. The fourth-order valence-corrected chi connectivity index (χ4v) is 2.53. The van der Waals surface area contributed by atoms with E-state index in [4.69, 9.17) is 9.40 Å². The number of benzene rings is 1. The van der Waals surface area contributed by atoms with Crippen molar-refractivity contribution >= 4 is 22.3 Å². The molecule has 0 amide bonds. The second-order valence-electron chi connectivity index (χ2n) is 4.92. The molecule has 3 aromatic heterocycles. The quantitative estimate of drug-likeness (QED) is 0.574. The molecule has 0 atom stereocenters. The molecule has 21 heavy (non-hydrogen) atoms. The highest BCUT2D eigenvalue weighted by Gasteiger charge is 2.16. The lowest BCUT2D eigenvalue weighted by Gasteiger charge is -2.05. The largest absolute Gasteiger partial charge is 0.461 e. The zero-order valence-electron chi connectivity index (χ0n) is 11.7.